The molecule has 1 heterocycles. The Labute approximate surface area is 127 Å². The van der Waals surface area contributed by atoms with E-state index in [2.05, 4.69) is 0 Å². The Balaban J connectivity index is 2.54. The van der Waals surface area contributed by atoms with Gasteiger partial charge in [-0.25, -0.2) is 12.8 Å². The van der Waals surface area contributed by atoms with E-state index in [1.165, 1.54) is 12.3 Å². The first-order valence-corrected chi connectivity index (χ1v) is 8.74. The monoisotopic (exact) mass is 333 g/mol. The van der Waals surface area contributed by atoms with Crippen LogP contribution in [0, 0.1) is 5.82 Å². The molecule has 0 fully saturated rings. The van der Waals surface area contributed by atoms with Crippen LogP contribution in [0.3, 0.4) is 0 Å². The fraction of sp³-hybridized carbons (Fsp3) is 0.429. The van der Waals surface area contributed by atoms with Gasteiger partial charge in [0.15, 0.2) is 0 Å². The molecule has 7 heteroatoms. The first-order valence-electron chi connectivity index (χ1n) is 6.43. The highest BCUT2D eigenvalue weighted by Crippen LogP contribution is 2.31. The Hall–Kier alpha value is -1.11. The van der Waals surface area contributed by atoms with E-state index in [1.54, 1.807) is 23.8 Å². The smallest absolute Gasteiger partial charge is 0.263 e. The molecule has 0 bridgehead atoms. The van der Waals surface area contributed by atoms with Crippen molar-refractivity contribution < 1.29 is 17.5 Å². The van der Waals surface area contributed by atoms with Crippen molar-refractivity contribution in [1.29, 1.82) is 0 Å². The largest absolute Gasteiger partial charge is 0.379 e. The van der Waals surface area contributed by atoms with Crippen LogP contribution in [0.1, 0.15) is 20.3 Å². The molecule has 0 amide bonds. The zero-order chi connectivity index (χ0) is 15.8. The predicted molar refractivity (Wildman–Crippen MR) is 80.6 cm³/mol. The fourth-order valence-electron chi connectivity index (χ4n) is 2.13. The number of methoxy groups -OCH3 is 1. The summed E-state index contributed by atoms with van der Waals surface area (Å²) in [5.74, 6) is -0.600. The molecule has 2 aromatic rings. The standard InChI is InChI=1S/C14H17ClFNO3S/c1-14(2,20-3)7-8-17-9-12(21(15,18)19)13-10(16)5-4-6-11(13)17/h4-6,9H,7-8H2,1-3H3. The van der Waals surface area contributed by atoms with Gasteiger partial charge in [0.25, 0.3) is 9.05 Å². The van der Waals surface area contributed by atoms with E-state index < -0.39 is 14.9 Å². The minimum Gasteiger partial charge on any atom is -0.379 e. The molecule has 0 radical (unpaired) electrons. The van der Waals surface area contributed by atoms with Crippen molar-refractivity contribution in [3.63, 3.8) is 0 Å². The number of nitrogens with zero attached hydrogens (tertiary/aromatic N) is 1. The molecule has 0 atom stereocenters. The van der Waals surface area contributed by atoms with Crippen molar-refractivity contribution in [2.45, 2.75) is 37.3 Å². The summed E-state index contributed by atoms with van der Waals surface area (Å²) in [5, 5.41) is 0.0303. The molecule has 0 saturated carbocycles. The lowest BCUT2D eigenvalue weighted by Crippen LogP contribution is -2.24. The number of aromatic nitrogens is 1. The van der Waals surface area contributed by atoms with E-state index in [1.807, 2.05) is 13.8 Å². The van der Waals surface area contributed by atoms with E-state index in [4.69, 9.17) is 15.4 Å². The molecule has 0 spiro atoms. The Bertz CT molecular complexity index is 768. The summed E-state index contributed by atoms with van der Waals surface area (Å²) in [5.41, 5.74) is 0.144. The summed E-state index contributed by atoms with van der Waals surface area (Å²) >= 11 is 0. The van der Waals surface area contributed by atoms with Gasteiger partial charge in [-0.2, -0.15) is 0 Å². The van der Waals surface area contributed by atoms with Crippen molar-refractivity contribution in [3.8, 4) is 0 Å². The van der Waals surface area contributed by atoms with Crippen molar-refractivity contribution in [2.75, 3.05) is 7.11 Å². The van der Waals surface area contributed by atoms with E-state index in [-0.39, 0.29) is 15.9 Å². The maximum absolute atomic E-state index is 14.0. The number of halogens is 2. The van der Waals surface area contributed by atoms with Gasteiger partial charge in [-0.15, -0.1) is 0 Å². The highest BCUT2D eigenvalue weighted by Gasteiger charge is 2.23. The van der Waals surface area contributed by atoms with Crippen LogP contribution < -0.4 is 0 Å². The molecule has 0 unspecified atom stereocenters. The second-order valence-electron chi connectivity index (χ2n) is 5.47. The van der Waals surface area contributed by atoms with Gasteiger partial charge in [0.1, 0.15) is 10.7 Å². The second-order valence-corrected chi connectivity index (χ2v) is 8.01. The Kier molecular flexibility index (Phi) is 4.33. The number of benzene rings is 1. The van der Waals surface area contributed by atoms with Crippen LogP contribution >= 0.6 is 10.7 Å². The lowest BCUT2D eigenvalue weighted by Gasteiger charge is -2.23. The average Bonchev–Trinajstić information content (AvgIpc) is 2.77. The molecule has 2 rings (SSSR count). The van der Waals surface area contributed by atoms with Crippen LogP contribution in [-0.2, 0) is 20.3 Å². The first kappa shape index (κ1) is 16.3. The molecular formula is C14H17ClFNO3S. The zero-order valence-corrected chi connectivity index (χ0v) is 13.6. The van der Waals surface area contributed by atoms with Gasteiger partial charge >= 0.3 is 0 Å². The maximum atomic E-state index is 14.0. The number of aryl methyl sites for hydroxylation is 1. The molecule has 0 N–H and O–H groups in total. The van der Waals surface area contributed by atoms with Crippen LogP contribution in [0.25, 0.3) is 10.9 Å². The number of hydrogen-bond acceptors (Lipinski definition) is 3. The molecule has 0 aliphatic carbocycles. The van der Waals surface area contributed by atoms with Crippen molar-refractivity contribution in [3.05, 3.63) is 30.2 Å². The summed E-state index contributed by atoms with van der Waals surface area (Å²) in [7, 11) is 3.01. The van der Waals surface area contributed by atoms with Crippen LogP contribution in [-0.4, -0.2) is 25.7 Å². The highest BCUT2D eigenvalue weighted by molar-refractivity contribution is 8.14. The van der Waals surface area contributed by atoms with Gasteiger partial charge in [-0.1, -0.05) is 6.07 Å². The lowest BCUT2D eigenvalue weighted by atomic mass is 10.1. The molecular weight excluding hydrogens is 317 g/mol. The molecule has 0 aliphatic heterocycles. The number of hydrogen-bond donors (Lipinski definition) is 0. The second kappa shape index (κ2) is 5.59. The summed E-state index contributed by atoms with van der Waals surface area (Å²) in [4.78, 5) is -0.201. The van der Waals surface area contributed by atoms with Gasteiger partial charge in [0, 0.05) is 30.5 Å². The molecule has 0 saturated heterocycles. The minimum atomic E-state index is -4.01. The van der Waals surface area contributed by atoms with E-state index in [0.29, 0.717) is 18.5 Å². The van der Waals surface area contributed by atoms with Gasteiger partial charge in [0.05, 0.1) is 16.5 Å². The quantitative estimate of drug-likeness (QED) is 0.786. The maximum Gasteiger partial charge on any atom is 0.263 e. The first-order chi connectivity index (χ1) is 9.65. The van der Waals surface area contributed by atoms with Crippen molar-refractivity contribution >= 4 is 30.6 Å². The topological polar surface area (TPSA) is 48.3 Å². The van der Waals surface area contributed by atoms with Gasteiger partial charge < -0.3 is 9.30 Å². The van der Waals surface area contributed by atoms with Gasteiger partial charge in [-0.05, 0) is 32.4 Å². The Morgan fingerprint density at radius 2 is 2.05 bits per heavy atom. The van der Waals surface area contributed by atoms with E-state index in [0.717, 1.165) is 0 Å². The SMILES string of the molecule is COC(C)(C)CCn1cc(S(=O)(=O)Cl)c2c(F)cccc21. The number of fused-ring (bicyclic) bond motifs is 1. The van der Waals surface area contributed by atoms with Gasteiger partial charge in [0.2, 0.25) is 0 Å². The summed E-state index contributed by atoms with van der Waals surface area (Å²) < 4.78 is 44.3. The third-order valence-corrected chi connectivity index (χ3v) is 4.92. The summed E-state index contributed by atoms with van der Waals surface area (Å²) in [6.45, 7) is 4.35. The Morgan fingerprint density at radius 1 is 1.38 bits per heavy atom. The zero-order valence-electron chi connectivity index (χ0n) is 12.1. The third kappa shape index (κ3) is 3.39. The molecule has 1 aromatic carbocycles. The third-order valence-electron chi connectivity index (χ3n) is 3.59. The molecule has 0 aliphatic rings. The normalized spacial score (nSPS) is 13.0. The minimum absolute atomic E-state index is 0.0303. The van der Waals surface area contributed by atoms with Crippen LogP contribution in [0.15, 0.2) is 29.3 Å². The van der Waals surface area contributed by atoms with Crippen LogP contribution in [0.4, 0.5) is 4.39 Å². The summed E-state index contributed by atoms with van der Waals surface area (Å²) in [6.07, 6.45) is 2.02. The van der Waals surface area contributed by atoms with Gasteiger partial charge in [-0.3, -0.25) is 0 Å². The Morgan fingerprint density at radius 3 is 2.62 bits per heavy atom. The van der Waals surface area contributed by atoms with Crippen molar-refractivity contribution in [1.82, 2.24) is 4.57 Å². The van der Waals surface area contributed by atoms with E-state index >= 15 is 0 Å². The lowest BCUT2D eigenvalue weighted by molar-refractivity contribution is 0.0123. The van der Waals surface area contributed by atoms with Crippen LogP contribution in [0.5, 0.6) is 0 Å². The number of ether oxygens (including phenoxy) is 1. The van der Waals surface area contributed by atoms with Crippen molar-refractivity contribution in [2.24, 2.45) is 0 Å². The summed E-state index contributed by atoms with van der Waals surface area (Å²) in [6, 6.07) is 4.43. The molecule has 116 valence electrons. The molecule has 21 heavy (non-hydrogen) atoms. The number of rotatable bonds is 5. The predicted octanol–water partition coefficient (Wildman–Crippen LogP) is 3.52. The van der Waals surface area contributed by atoms with E-state index in [9.17, 15) is 12.8 Å². The van der Waals surface area contributed by atoms with Crippen LogP contribution in [0.2, 0.25) is 0 Å². The highest BCUT2D eigenvalue weighted by atomic mass is 35.7. The molecule has 4 nitrogen and oxygen atoms in total. The average molecular weight is 334 g/mol. The molecule has 1 aromatic heterocycles. The fourth-order valence-corrected chi connectivity index (χ4v) is 3.18.